The van der Waals surface area contributed by atoms with Crippen LogP contribution in [0.15, 0.2) is 51.5 Å². The molecule has 0 aliphatic rings. The SMILES string of the molecule is O=C(O)c1ccc(Nc2cccc3cc(Br)cnc23)o1. The Labute approximate surface area is 122 Å². The normalized spacial score (nSPS) is 10.7. The van der Waals surface area contributed by atoms with Crippen molar-refractivity contribution in [2.24, 2.45) is 0 Å². The highest BCUT2D eigenvalue weighted by molar-refractivity contribution is 9.10. The summed E-state index contributed by atoms with van der Waals surface area (Å²) < 4.78 is 6.07. The van der Waals surface area contributed by atoms with Gasteiger partial charge in [-0.1, -0.05) is 12.1 Å². The van der Waals surface area contributed by atoms with E-state index >= 15 is 0 Å². The highest BCUT2D eigenvalue weighted by Gasteiger charge is 2.10. The summed E-state index contributed by atoms with van der Waals surface area (Å²) in [4.78, 5) is 15.1. The second kappa shape index (κ2) is 4.97. The molecule has 0 amide bonds. The minimum absolute atomic E-state index is 0.108. The van der Waals surface area contributed by atoms with Gasteiger partial charge in [0.05, 0.1) is 11.2 Å². The number of benzene rings is 1. The average molecular weight is 333 g/mol. The van der Waals surface area contributed by atoms with Gasteiger partial charge in [0, 0.05) is 22.1 Å². The summed E-state index contributed by atoms with van der Waals surface area (Å²) in [6.07, 6.45) is 1.71. The highest BCUT2D eigenvalue weighted by atomic mass is 79.9. The molecule has 0 saturated carbocycles. The predicted molar refractivity (Wildman–Crippen MR) is 78.4 cm³/mol. The number of carbonyl (C=O) groups is 1. The molecule has 0 saturated heterocycles. The van der Waals surface area contributed by atoms with Gasteiger partial charge in [-0.15, -0.1) is 0 Å². The molecule has 0 atom stereocenters. The topological polar surface area (TPSA) is 75.4 Å². The molecule has 0 fully saturated rings. The second-order valence-electron chi connectivity index (χ2n) is 4.12. The molecule has 0 radical (unpaired) electrons. The fourth-order valence-electron chi connectivity index (χ4n) is 1.89. The Morgan fingerprint density at radius 3 is 2.90 bits per heavy atom. The lowest BCUT2D eigenvalue weighted by molar-refractivity contribution is 0.0663. The van der Waals surface area contributed by atoms with Crippen molar-refractivity contribution in [1.82, 2.24) is 4.98 Å². The number of anilines is 2. The minimum atomic E-state index is -1.10. The van der Waals surface area contributed by atoms with Crippen LogP contribution in [0.4, 0.5) is 11.6 Å². The van der Waals surface area contributed by atoms with Gasteiger partial charge in [0.25, 0.3) is 0 Å². The van der Waals surface area contributed by atoms with Crippen molar-refractivity contribution in [3.63, 3.8) is 0 Å². The minimum Gasteiger partial charge on any atom is -0.475 e. The van der Waals surface area contributed by atoms with Crippen molar-refractivity contribution >= 4 is 44.4 Å². The molecule has 100 valence electrons. The molecule has 20 heavy (non-hydrogen) atoms. The molecule has 2 aromatic heterocycles. The number of aromatic nitrogens is 1. The van der Waals surface area contributed by atoms with E-state index in [1.165, 1.54) is 6.07 Å². The Hall–Kier alpha value is -2.34. The average Bonchev–Trinajstić information content (AvgIpc) is 2.87. The Kier molecular flexibility index (Phi) is 3.15. The van der Waals surface area contributed by atoms with Crippen molar-refractivity contribution < 1.29 is 14.3 Å². The molecule has 5 nitrogen and oxygen atoms in total. The van der Waals surface area contributed by atoms with Crippen molar-refractivity contribution in [3.05, 3.63) is 52.8 Å². The number of carboxylic acid groups (broad SMARTS) is 1. The first-order valence-electron chi connectivity index (χ1n) is 5.78. The fraction of sp³-hybridized carbons (Fsp3) is 0. The molecule has 2 N–H and O–H groups in total. The van der Waals surface area contributed by atoms with Gasteiger partial charge < -0.3 is 14.8 Å². The molecule has 0 bridgehead atoms. The first-order chi connectivity index (χ1) is 9.63. The Bertz CT molecular complexity index is 798. The fourth-order valence-corrected chi connectivity index (χ4v) is 2.24. The van der Waals surface area contributed by atoms with Crippen molar-refractivity contribution in [1.29, 1.82) is 0 Å². The number of pyridine rings is 1. The number of nitrogens with zero attached hydrogens (tertiary/aromatic N) is 1. The lowest BCUT2D eigenvalue weighted by atomic mass is 10.2. The number of hydrogen-bond acceptors (Lipinski definition) is 4. The third-order valence-electron chi connectivity index (χ3n) is 2.75. The standard InChI is InChI=1S/C14H9BrN2O3/c15-9-6-8-2-1-3-10(13(8)16-7-9)17-12-5-4-11(20-12)14(18)19/h1-7,17H,(H,18,19). The summed E-state index contributed by atoms with van der Waals surface area (Å²) >= 11 is 3.38. The van der Waals surface area contributed by atoms with Crippen LogP contribution in [0, 0.1) is 0 Å². The molecule has 0 aliphatic heterocycles. The Morgan fingerprint density at radius 2 is 2.15 bits per heavy atom. The Morgan fingerprint density at radius 1 is 1.30 bits per heavy atom. The molecule has 3 aromatic rings. The summed E-state index contributed by atoms with van der Waals surface area (Å²) in [6, 6.07) is 10.6. The van der Waals surface area contributed by atoms with Crippen LogP contribution in [0.3, 0.4) is 0 Å². The van der Waals surface area contributed by atoms with Crippen LogP contribution in [0.5, 0.6) is 0 Å². The zero-order valence-electron chi connectivity index (χ0n) is 10.1. The molecule has 3 rings (SSSR count). The maximum Gasteiger partial charge on any atom is 0.371 e. The van der Waals surface area contributed by atoms with E-state index < -0.39 is 5.97 Å². The zero-order chi connectivity index (χ0) is 14.1. The summed E-state index contributed by atoms with van der Waals surface area (Å²) in [5.74, 6) is -0.846. The van der Waals surface area contributed by atoms with Crippen molar-refractivity contribution in [3.8, 4) is 0 Å². The van der Waals surface area contributed by atoms with E-state index in [2.05, 4.69) is 26.2 Å². The molecule has 0 unspecified atom stereocenters. The molecule has 2 heterocycles. The number of halogens is 1. The molecule has 0 spiro atoms. The Balaban J connectivity index is 1.99. The van der Waals surface area contributed by atoms with E-state index in [0.29, 0.717) is 5.88 Å². The molecule has 6 heteroatoms. The molecule has 1 aromatic carbocycles. The third-order valence-corrected chi connectivity index (χ3v) is 3.19. The van der Waals surface area contributed by atoms with E-state index in [1.807, 2.05) is 24.3 Å². The van der Waals surface area contributed by atoms with E-state index in [4.69, 9.17) is 9.52 Å². The van der Waals surface area contributed by atoms with Gasteiger partial charge in [-0.25, -0.2) is 4.79 Å². The van der Waals surface area contributed by atoms with Crippen LogP contribution in [-0.4, -0.2) is 16.1 Å². The number of aromatic carboxylic acids is 1. The zero-order valence-corrected chi connectivity index (χ0v) is 11.7. The largest absolute Gasteiger partial charge is 0.475 e. The number of hydrogen-bond donors (Lipinski definition) is 2. The molecular weight excluding hydrogens is 324 g/mol. The molecule has 0 aliphatic carbocycles. The predicted octanol–water partition coefficient (Wildman–Crippen LogP) is 4.03. The lowest BCUT2D eigenvalue weighted by Gasteiger charge is -2.06. The van der Waals surface area contributed by atoms with Gasteiger partial charge in [0.2, 0.25) is 5.76 Å². The van der Waals surface area contributed by atoms with E-state index in [1.54, 1.807) is 12.3 Å². The molecular formula is C14H9BrN2O3. The third kappa shape index (κ3) is 2.37. The maximum absolute atomic E-state index is 10.8. The summed E-state index contributed by atoms with van der Waals surface area (Å²) in [7, 11) is 0. The van der Waals surface area contributed by atoms with Gasteiger partial charge in [-0.05, 0) is 34.1 Å². The summed E-state index contributed by atoms with van der Waals surface area (Å²) in [5.41, 5.74) is 1.53. The van der Waals surface area contributed by atoms with E-state index in [0.717, 1.165) is 21.1 Å². The maximum atomic E-state index is 10.8. The number of nitrogens with one attached hydrogen (secondary N) is 1. The van der Waals surface area contributed by atoms with E-state index in [-0.39, 0.29) is 5.76 Å². The van der Waals surface area contributed by atoms with Gasteiger partial charge in [-0.3, -0.25) is 4.98 Å². The van der Waals surface area contributed by atoms with Gasteiger partial charge in [0.15, 0.2) is 5.88 Å². The van der Waals surface area contributed by atoms with Crippen LogP contribution < -0.4 is 5.32 Å². The van der Waals surface area contributed by atoms with E-state index in [9.17, 15) is 4.79 Å². The van der Waals surface area contributed by atoms with Gasteiger partial charge >= 0.3 is 5.97 Å². The first kappa shape index (κ1) is 12.7. The summed E-state index contributed by atoms with van der Waals surface area (Å²) in [5, 5.41) is 12.8. The van der Waals surface area contributed by atoms with Crippen LogP contribution in [0.2, 0.25) is 0 Å². The lowest BCUT2D eigenvalue weighted by Crippen LogP contribution is -1.93. The smallest absolute Gasteiger partial charge is 0.371 e. The summed E-state index contributed by atoms with van der Waals surface area (Å²) in [6.45, 7) is 0. The quantitative estimate of drug-likeness (QED) is 0.757. The van der Waals surface area contributed by atoms with Crippen LogP contribution in [0.25, 0.3) is 10.9 Å². The van der Waals surface area contributed by atoms with Crippen LogP contribution in [-0.2, 0) is 0 Å². The number of rotatable bonds is 3. The number of fused-ring (bicyclic) bond motifs is 1. The first-order valence-corrected chi connectivity index (χ1v) is 6.57. The van der Waals surface area contributed by atoms with Gasteiger partial charge in [0.1, 0.15) is 0 Å². The number of para-hydroxylation sites is 1. The highest BCUT2D eigenvalue weighted by Crippen LogP contribution is 2.27. The monoisotopic (exact) mass is 332 g/mol. The van der Waals surface area contributed by atoms with Crippen molar-refractivity contribution in [2.45, 2.75) is 0 Å². The second-order valence-corrected chi connectivity index (χ2v) is 5.04. The van der Waals surface area contributed by atoms with Crippen LogP contribution >= 0.6 is 15.9 Å². The van der Waals surface area contributed by atoms with Gasteiger partial charge in [-0.2, -0.15) is 0 Å². The number of furan rings is 1. The van der Waals surface area contributed by atoms with Crippen molar-refractivity contribution in [2.75, 3.05) is 5.32 Å². The van der Waals surface area contributed by atoms with Crippen LogP contribution in [0.1, 0.15) is 10.6 Å². The number of carboxylic acids is 1.